The number of carbonyl (C=O) groups excluding carboxylic acids is 3. The van der Waals surface area contributed by atoms with Crippen molar-refractivity contribution >= 4 is 23.9 Å². The molecular weight excluding hydrogens is 630 g/mol. The maximum Gasteiger partial charge on any atom is 0.415 e. The molecule has 2 aliphatic rings. The Labute approximate surface area is 284 Å². The molecule has 0 saturated carbocycles. The highest BCUT2D eigenvalue weighted by atomic mass is 16.6. The third-order valence-electron chi connectivity index (χ3n) is 8.28. The van der Waals surface area contributed by atoms with Crippen molar-refractivity contribution in [1.29, 1.82) is 0 Å². The van der Waals surface area contributed by atoms with Gasteiger partial charge in [0.2, 0.25) is 11.8 Å². The Balaban J connectivity index is 0.000000402. The van der Waals surface area contributed by atoms with Gasteiger partial charge in [-0.2, -0.15) is 0 Å². The van der Waals surface area contributed by atoms with Gasteiger partial charge in [0.25, 0.3) is 0 Å². The number of carboxylic acid groups (broad SMARTS) is 1. The maximum absolute atomic E-state index is 12.7. The molecule has 0 bridgehead atoms. The van der Waals surface area contributed by atoms with Crippen molar-refractivity contribution in [2.75, 3.05) is 20.3 Å². The third-order valence-corrected chi connectivity index (χ3v) is 8.28. The van der Waals surface area contributed by atoms with Crippen molar-refractivity contribution < 1.29 is 42.9 Å². The lowest BCUT2D eigenvalue weighted by atomic mass is 9.96. The summed E-state index contributed by atoms with van der Waals surface area (Å²) in [5.41, 5.74) is 2.81. The standard InChI is InChI=1S/C31H30N2O6.C6H9NO3/c1-21-27(32-29(38-21)24-10-4-2-5-11-24)15-16-37-26-14-8-9-22(18-26)17-23-19-28(30(34)35)33(20-23)31(36)39-25-12-6-3-7-13-25;1-10-6(9)4-2-3-5(8)7-4/h2-14,18,23,28H,15-17,19-20H2,1H3,(H,34,35);4H,2-3H2,1H3,(H,7,8)/t23-,28-;/m0./s1. The average molecular weight is 670 g/mol. The van der Waals surface area contributed by atoms with Crippen LogP contribution in [0.5, 0.6) is 11.5 Å². The van der Waals surface area contributed by atoms with E-state index in [2.05, 4.69) is 15.0 Å². The van der Waals surface area contributed by atoms with Crippen LogP contribution in [0.3, 0.4) is 0 Å². The van der Waals surface area contributed by atoms with Crippen molar-refractivity contribution in [3.05, 3.63) is 102 Å². The fourth-order valence-electron chi connectivity index (χ4n) is 5.81. The van der Waals surface area contributed by atoms with Gasteiger partial charge in [-0.3, -0.25) is 9.69 Å². The van der Waals surface area contributed by atoms with Gasteiger partial charge in [-0.05, 0) is 74.1 Å². The van der Waals surface area contributed by atoms with Crippen LogP contribution >= 0.6 is 0 Å². The van der Waals surface area contributed by atoms with Crippen molar-refractivity contribution in [3.63, 3.8) is 0 Å². The van der Waals surface area contributed by atoms with E-state index >= 15 is 0 Å². The first kappa shape index (κ1) is 34.7. The lowest BCUT2D eigenvalue weighted by Crippen LogP contribution is -2.42. The summed E-state index contributed by atoms with van der Waals surface area (Å²) in [7, 11) is 1.31. The van der Waals surface area contributed by atoms with E-state index in [-0.39, 0.29) is 17.8 Å². The first-order valence-electron chi connectivity index (χ1n) is 16.1. The molecule has 2 saturated heterocycles. The first-order chi connectivity index (χ1) is 23.7. The number of aryl methyl sites for hydroxylation is 1. The van der Waals surface area contributed by atoms with Gasteiger partial charge in [0, 0.05) is 24.9 Å². The molecular formula is C37H39N3O9. The number of aliphatic carboxylic acids is 1. The molecule has 256 valence electrons. The van der Waals surface area contributed by atoms with E-state index in [1.165, 1.54) is 12.0 Å². The number of aromatic nitrogens is 1. The molecule has 0 spiro atoms. The second kappa shape index (κ2) is 16.4. The van der Waals surface area contributed by atoms with Gasteiger partial charge >= 0.3 is 18.0 Å². The Morgan fingerprint density at radius 3 is 2.39 bits per heavy atom. The molecule has 2 fully saturated rings. The number of amides is 2. The van der Waals surface area contributed by atoms with Crippen LogP contribution in [0.1, 0.15) is 36.3 Å². The summed E-state index contributed by atoms with van der Waals surface area (Å²) in [6, 6.07) is 24.9. The molecule has 2 aliphatic heterocycles. The zero-order valence-corrected chi connectivity index (χ0v) is 27.4. The second-order valence-electron chi connectivity index (χ2n) is 11.8. The van der Waals surface area contributed by atoms with Crippen LogP contribution < -0.4 is 14.8 Å². The largest absolute Gasteiger partial charge is 0.493 e. The number of rotatable bonds is 10. The minimum absolute atomic E-state index is 0.0149. The van der Waals surface area contributed by atoms with Crippen molar-refractivity contribution in [2.45, 2.75) is 51.1 Å². The van der Waals surface area contributed by atoms with Gasteiger partial charge in [-0.15, -0.1) is 0 Å². The minimum Gasteiger partial charge on any atom is -0.493 e. The van der Waals surface area contributed by atoms with E-state index in [1.807, 2.05) is 67.6 Å². The zero-order chi connectivity index (χ0) is 34.8. The number of ether oxygens (including phenoxy) is 3. The molecule has 3 aromatic carbocycles. The number of likely N-dealkylation sites (tertiary alicyclic amines) is 1. The van der Waals surface area contributed by atoms with Gasteiger partial charge in [0.15, 0.2) is 0 Å². The van der Waals surface area contributed by atoms with Crippen molar-refractivity contribution in [1.82, 2.24) is 15.2 Å². The number of nitrogens with one attached hydrogen (secondary N) is 1. The Hall–Kier alpha value is -5.65. The molecule has 2 N–H and O–H groups in total. The number of methoxy groups -OCH3 is 1. The van der Waals surface area contributed by atoms with Crippen LogP contribution in [-0.4, -0.2) is 71.3 Å². The molecule has 2 amide bonds. The molecule has 0 aliphatic carbocycles. The van der Waals surface area contributed by atoms with E-state index in [0.717, 1.165) is 28.3 Å². The summed E-state index contributed by atoms with van der Waals surface area (Å²) in [5.74, 6) is 1.01. The minimum atomic E-state index is -1.03. The normalized spacial score (nSPS) is 18.2. The maximum atomic E-state index is 12.7. The fourth-order valence-corrected chi connectivity index (χ4v) is 5.81. The number of carboxylic acids is 1. The predicted octanol–water partition coefficient (Wildman–Crippen LogP) is 5.23. The monoisotopic (exact) mass is 669 g/mol. The van der Waals surface area contributed by atoms with Crippen LogP contribution in [0.25, 0.3) is 11.5 Å². The third kappa shape index (κ3) is 9.47. The van der Waals surface area contributed by atoms with Crippen LogP contribution in [0, 0.1) is 12.8 Å². The molecule has 4 aromatic rings. The Bertz CT molecular complexity index is 1740. The molecule has 6 rings (SSSR count). The highest BCUT2D eigenvalue weighted by Crippen LogP contribution is 2.29. The molecule has 12 heteroatoms. The van der Waals surface area contributed by atoms with Gasteiger partial charge in [-0.25, -0.2) is 19.4 Å². The summed E-state index contributed by atoms with van der Waals surface area (Å²) in [6.45, 7) is 2.65. The Kier molecular flexibility index (Phi) is 11.6. The molecule has 3 atom stereocenters. The van der Waals surface area contributed by atoms with Gasteiger partial charge in [0.1, 0.15) is 29.3 Å². The molecule has 0 radical (unpaired) electrons. The molecule has 12 nitrogen and oxygen atoms in total. The topological polar surface area (TPSA) is 158 Å². The number of benzene rings is 3. The van der Waals surface area contributed by atoms with Gasteiger partial charge < -0.3 is 29.1 Å². The summed E-state index contributed by atoms with van der Waals surface area (Å²) < 4.78 is 21.7. The van der Waals surface area contributed by atoms with Crippen molar-refractivity contribution in [3.8, 4) is 23.0 Å². The van der Waals surface area contributed by atoms with Gasteiger partial charge in [-0.1, -0.05) is 48.5 Å². The van der Waals surface area contributed by atoms with E-state index in [1.54, 1.807) is 24.3 Å². The number of oxazole rings is 1. The lowest BCUT2D eigenvalue weighted by molar-refractivity contribution is -0.143. The van der Waals surface area contributed by atoms with Crippen LogP contribution in [-0.2, 0) is 32.0 Å². The fraction of sp³-hybridized carbons (Fsp3) is 0.324. The van der Waals surface area contributed by atoms with Crippen LogP contribution in [0.2, 0.25) is 0 Å². The predicted molar refractivity (Wildman–Crippen MR) is 178 cm³/mol. The van der Waals surface area contributed by atoms with E-state index in [0.29, 0.717) is 56.9 Å². The highest BCUT2D eigenvalue weighted by Gasteiger charge is 2.40. The Morgan fingerprint density at radius 1 is 1.00 bits per heavy atom. The number of nitrogens with zero attached hydrogens (tertiary/aromatic N) is 2. The smallest absolute Gasteiger partial charge is 0.415 e. The second-order valence-corrected chi connectivity index (χ2v) is 11.8. The number of para-hydroxylation sites is 1. The lowest BCUT2D eigenvalue weighted by Gasteiger charge is -2.20. The first-order valence-corrected chi connectivity index (χ1v) is 16.1. The average Bonchev–Trinajstić information content (AvgIpc) is 3.84. The summed E-state index contributed by atoms with van der Waals surface area (Å²) in [5, 5.41) is 12.2. The van der Waals surface area contributed by atoms with E-state index in [9.17, 15) is 24.3 Å². The molecule has 1 aromatic heterocycles. The SMILES string of the molecule is COC(=O)C1CCC(=O)N1.Cc1oc(-c2ccccc2)nc1CCOc1cccc(C[C@H]2C[C@@H](C(=O)O)N(C(=O)Oc3ccccc3)C2)c1. The highest BCUT2D eigenvalue weighted by molar-refractivity contribution is 5.88. The van der Waals surface area contributed by atoms with Crippen molar-refractivity contribution in [2.24, 2.45) is 5.92 Å². The molecule has 49 heavy (non-hydrogen) atoms. The summed E-state index contributed by atoms with van der Waals surface area (Å²) >= 11 is 0. The van der Waals surface area contributed by atoms with E-state index in [4.69, 9.17) is 13.9 Å². The summed E-state index contributed by atoms with van der Waals surface area (Å²) in [6.07, 6.45) is 1.93. The Morgan fingerprint density at radius 2 is 1.71 bits per heavy atom. The van der Waals surface area contributed by atoms with Crippen LogP contribution in [0.4, 0.5) is 4.79 Å². The summed E-state index contributed by atoms with van der Waals surface area (Å²) in [4.78, 5) is 51.8. The number of esters is 1. The molecule has 1 unspecified atom stereocenters. The zero-order valence-electron chi connectivity index (χ0n) is 27.4. The quantitative estimate of drug-likeness (QED) is 0.214. The van der Waals surface area contributed by atoms with E-state index < -0.39 is 24.1 Å². The van der Waals surface area contributed by atoms with Gasteiger partial charge in [0.05, 0.1) is 19.4 Å². The molecule has 3 heterocycles. The number of hydrogen-bond donors (Lipinski definition) is 2. The number of hydrogen-bond acceptors (Lipinski definition) is 9. The van der Waals surface area contributed by atoms with Crippen LogP contribution in [0.15, 0.2) is 89.3 Å². The number of carbonyl (C=O) groups is 4.